The molecule has 0 N–H and O–H groups in total. The minimum atomic E-state index is -3.03. The third-order valence-corrected chi connectivity index (χ3v) is 6.96. The Hall–Kier alpha value is -2.61. The molecule has 2 heterocycles. The summed E-state index contributed by atoms with van der Waals surface area (Å²) in [6.45, 7) is 3.29. The lowest BCUT2D eigenvalue weighted by atomic mass is 10.1. The molecule has 1 saturated heterocycles. The minimum Gasteiger partial charge on any atom is -0.497 e. The van der Waals surface area contributed by atoms with E-state index in [0.717, 1.165) is 11.3 Å². The van der Waals surface area contributed by atoms with Crippen LogP contribution in [0.2, 0.25) is 0 Å². The van der Waals surface area contributed by atoms with Gasteiger partial charge in [0.05, 0.1) is 25.0 Å². The summed E-state index contributed by atoms with van der Waals surface area (Å²) in [5.74, 6) is 0.103. The molecule has 0 radical (unpaired) electrons. The zero-order valence-electron chi connectivity index (χ0n) is 16.8. The highest BCUT2D eigenvalue weighted by Crippen LogP contribution is 2.29. The van der Waals surface area contributed by atoms with Crippen LogP contribution >= 0.6 is 0 Å². The topological polar surface area (TPSA) is 91.7 Å². The number of rotatable bonds is 7. The van der Waals surface area contributed by atoms with E-state index in [1.807, 2.05) is 11.5 Å². The van der Waals surface area contributed by atoms with Crippen LogP contribution in [0.4, 0.5) is 0 Å². The van der Waals surface area contributed by atoms with Gasteiger partial charge < -0.3 is 14.0 Å². The Bertz CT molecular complexity index is 1040. The van der Waals surface area contributed by atoms with Crippen molar-refractivity contribution in [1.29, 1.82) is 0 Å². The Labute approximate surface area is 170 Å². The van der Waals surface area contributed by atoms with Crippen molar-refractivity contribution in [3.8, 4) is 5.75 Å². The molecule has 3 rings (SSSR count). The van der Waals surface area contributed by atoms with Crippen molar-refractivity contribution in [2.75, 3.05) is 25.2 Å². The van der Waals surface area contributed by atoms with Gasteiger partial charge in [0.25, 0.3) is 0 Å². The van der Waals surface area contributed by atoms with E-state index in [1.165, 1.54) is 0 Å². The van der Waals surface area contributed by atoms with Crippen LogP contribution in [-0.2, 0) is 25.8 Å². The lowest BCUT2D eigenvalue weighted by molar-refractivity contribution is -0.141. The summed E-state index contributed by atoms with van der Waals surface area (Å²) in [7, 11) is -1.48. The van der Waals surface area contributed by atoms with Crippen molar-refractivity contribution < 1.29 is 27.5 Å². The summed E-state index contributed by atoms with van der Waals surface area (Å²) in [4.78, 5) is 24.7. The lowest BCUT2D eigenvalue weighted by Crippen LogP contribution is -2.17. The van der Waals surface area contributed by atoms with E-state index >= 15 is 0 Å². The Morgan fingerprint density at radius 3 is 2.62 bits per heavy atom. The van der Waals surface area contributed by atoms with Crippen molar-refractivity contribution >= 4 is 21.6 Å². The maximum absolute atomic E-state index is 12.6. The summed E-state index contributed by atoms with van der Waals surface area (Å²) < 4.78 is 35.8. The molecule has 0 spiro atoms. The zero-order chi connectivity index (χ0) is 21.2. The van der Waals surface area contributed by atoms with Gasteiger partial charge in [-0.1, -0.05) is 12.1 Å². The largest absolute Gasteiger partial charge is 0.497 e. The molecule has 1 aromatic heterocycles. The first kappa shape index (κ1) is 21.1. The highest BCUT2D eigenvalue weighted by atomic mass is 32.2. The molecule has 8 heteroatoms. The number of nitrogens with zero attached hydrogens (tertiary/aromatic N) is 1. The normalized spacial score (nSPS) is 17.8. The van der Waals surface area contributed by atoms with Crippen molar-refractivity contribution in [2.24, 2.45) is 0 Å². The fourth-order valence-electron chi connectivity index (χ4n) is 3.82. The number of aryl methyl sites for hydroxylation is 1. The Morgan fingerprint density at radius 1 is 1.21 bits per heavy atom. The Morgan fingerprint density at radius 2 is 1.97 bits per heavy atom. The van der Waals surface area contributed by atoms with Crippen LogP contribution in [0.25, 0.3) is 0 Å². The molecule has 29 heavy (non-hydrogen) atoms. The molecule has 1 aliphatic rings. The van der Waals surface area contributed by atoms with Crippen molar-refractivity contribution in [3.63, 3.8) is 0 Å². The smallest absolute Gasteiger partial charge is 0.310 e. The van der Waals surface area contributed by atoms with E-state index in [4.69, 9.17) is 9.47 Å². The summed E-state index contributed by atoms with van der Waals surface area (Å²) in [6, 6.07) is 8.67. The molecule has 1 fully saturated rings. The van der Waals surface area contributed by atoms with E-state index in [-0.39, 0.29) is 36.4 Å². The van der Waals surface area contributed by atoms with Gasteiger partial charge in [0.15, 0.2) is 16.4 Å². The van der Waals surface area contributed by atoms with Crippen LogP contribution in [0.5, 0.6) is 5.75 Å². The first-order valence-electron chi connectivity index (χ1n) is 9.41. The molecule has 156 valence electrons. The van der Waals surface area contributed by atoms with Gasteiger partial charge in [-0.05, 0) is 44.0 Å². The van der Waals surface area contributed by atoms with Gasteiger partial charge in [0.2, 0.25) is 5.78 Å². The second-order valence-electron chi connectivity index (χ2n) is 7.32. The van der Waals surface area contributed by atoms with Gasteiger partial charge in [-0.15, -0.1) is 0 Å². The molecule has 2 aromatic rings. The molecule has 0 saturated carbocycles. The average Bonchev–Trinajstić information content (AvgIpc) is 3.17. The van der Waals surface area contributed by atoms with Crippen LogP contribution in [0.1, 0.15) is 39.8 Å². The van der Waals surface area contributed by atoms with Crippen LogP contribution in [0.15, 0.2) is 30.3 Å². The molecule has 1 atom stereocenters. The van der Waals surface area contributed by atoms with E-state index < -0.39 is 15.8 Å². The number of Topliss-reactive ketones (excluding diaryl/α,β-unsaturated/α-hetero) is 1. The monoisotopic (exact) mass is 419 g/mol. The second kappa shape index (κ2) is 8.41. The van der Waals surface area contributed by atoms with Crippen molar-refractivity contribution in [3.05, 3.63) is 52.8 Å². The number of ether oxygens (including phenoxy) is 2. The van der Waals surface area contributed by atoms with Gasteiger partial charge in [-0.2, -0.15) is 0 Å². The molecular weight excluding hydrogens is 394 g/mol. The molecule has 0 unspecified atom stereocenters. The van der Waals surface area contributed by atoms with E-state index in [1.54, 1.807) is 44.4 Å². The van der Waals surface area contributed by atoms with Crippen LogP contribution in [0, 0.1) is 13.8 Å². The predicted octanol–water partition coefficient (Wildman–Crippen LogP) is 2.44. The number of benzene rings is 1. The summed E-state index contributed by atoms with van der Waals surface area (Å²) >= 11 is 0. The number of esters is 1. The van der Waals surface area contributed by atoms with Crippen molar-refractivity contribution in [2.45, 2.75) is 32.7 Å². The predicted molar refractivity (Wildman–Crippen MR) is 108 cm³/mol. The van der Waals surface area contributed by atoms with Crippen LogP contribution in [-0.4, -0.2) is 50.0 Å². The number of methoxy groups -OCH3 is 1. The highest BCUT2D eigenvalue weighted by Gasteiger charge is 2.31. The van der Waals surface area contributed by atoms with Crippen LogP contribution in [0.3, 0.4) is 0 Å². The van der Waals surface area contributed by atoms with Crippen molar-refractivity contribution in [1.82, 2.24) is 4.57 Å². The van der Waals surface area contributed by atoms with Gasteiger partial charge in [-0.3, -0.25) is 9.59 Å². The fourth-order valence-corrected chi connectivity index (χ4v) is 5.52. The van der Waals surface area contributed by atoms with E-state index in [9.17, 15) is 18.0 Å². The summed E-state index contributed by atoms with van der Waals surface area (Å²) in [5, 5.41) is 0. The molecule has 0 amide bonds. The maximum atomic E-state index is 12.6. The number of carbonyl (C=O) groups excluding carboxylic acids is 2. The zero-order valence-corrected chi connectivity index (χ0v) is 17.6. The molecule has 1 aliphatic heterocycles. The summed E-state index contributed by atoms with van der Waals surface area (Å²) in [5.41, 5.74) is 2.73. The van der Waals surface area contributed by atoms with Gasteiger partial charge >= 0.3 is 5.97 Å². The minimum absolute atomic E-state index is 0.0451. The van der Waals surface area contributed by atoms with Gasteiger partial charge in [0.1, 0.15) is 5.75 Å². The van der Waals surface area contributed by atoms with E-state index in [2.05, 4.69) is 0 Å². The van der Waals surface area contributed by atoms with E-state index in [0.29, 0.717) is 23.4 Å². The molecule has 0 bridgehead atoms. The third kappa shape index (κ3) is 4.87. The fraction of sp³-hybridized carbons (Fsp3) is 0.429. The first-order chi connectivity index (χ1) is 13.7. The Balaban J connectivity index is 1.64. The number of hydrogen-bond donors (Lipinski definition) is 0. The second-order valence-corrected chi connectivity index (χ2v) is 9.55. The Kier molecular flexibility index (Phi) is 6.12. The standard InChI is InChI=1S/C21H25NO6S/c1-14-9-19(15(2)22(14)17-7-8-29(25,26)13-17)20(23)12-28-21(24)11-16-5-4-6-18(10-16)27-3/h4-6,9-10,17H,7-8,11-13H2,1-3H3/t17-/m1/s1. The number of sulfone groups is 1. The van der Waals surface area contributed by atoms with Gasteiger partial charge in [-0.25, -0.2) is 8.42 Å². The lowest BCUT2D eigenvalue weighted by Gasteiger charge is -2.16. The molecular formula is C21H25NO6S. The quantitative estimate of drug-likeness (QED) is 0.506. The number of hydrogen-bond acceptors (Lipinski definition) is 6. The highest BCUT2D eigenvalue weighted by molar-refractivity contribution is 7.91. The SMILES string of the molecule is COc1cccc(CC(=O)OCC(=O)c2cc(C)n([C@@H]3CCS(=O)(=O)C3)c2C)c1. The number of aromatic nitrogens is 1. The first-order valence-corrected chi connectivity index (χ1v) is 11.2. The molecule has 7 nitrogen and oxygen atoms in total. The molecule has 1 aromatic carbocycles. The molecule has 0 aliphatic carbocycles. The van der Waals surface area contributed by atoms with Gasteiger partial charge in [0, 0.05) is 23.0 Å². The number of carbonyl (C=O) groups is 2. The van der Waals surface area contributed by atoms with Crippen LogP contribution < -0.4 is 4.74 Å². The maximum Gasteiger partial charge on any atom is 0.310 e. The third-order valence-electron chi connectivity index (χ3n) is 5.21. The summed E-state index contributed by atoms with van der Waals surface area (Å²) in [6.07, 6.45) is 0.589. The number of ketones is 1. The average molecular weight is 419 g/mol.